The van der Waals surface area contributed by atoms with Crippen molar-refractivity contribution in [1.29, 1.82) is 0 Å². The monoisotopic (exact) mass is 146 g/mol. The fraction of sp³-hybridized carbons (Fsp3) is 0.200. The van der Waals surface area contributed by atoms with Crippen molar-refractivity contribution < 1.29 is 4.79 Å². The van der Waals surface area contributed by atoms with Gasteiger partial charge in [-0.05, 0) is 5.56 Å². The van der Waals surface area contributed by atoms with E-state index in [1.165, 1.54) is 6.08 Å². The summed E-state index contributed by atoms with van der Waals surface area (Å²) < 4.78 is 0. The molecule has 1 unspecified atom stereocenters. The molecule has 0 aliphatic carbocycles. The van der Waals surface area contributed by atoms with E-state index < -0.39 is 0 Å². The van der Waals surface area contributed by atoms with Gasteiger partial charge in [-0.15, -0.1) is 0 Å². The molecule has 0 aliphatic heterocycles. The van der Waals surface area contributed by atoms with Gasteiger partial charge in [0.1, 0.15) is 5.94 Å². The number of carbonyl (C=O) groups excluding carboxylic acids is 1. The van der Waals surface area contributed by atoms with Gasteiger partial charge in [0.05, 0.1) is 0 Å². The minimum Gasteiger partial charge on any atom is -0.234 e. The zero-order chi connectivity index (χ0) is 8.10. The Hall–Kier alpha value is -1.33. The first-order valence-electron chi connectivity index (χ1n) is 3.60. The molecule has 0 saturated heterocycles. The zero-order valence-electron chi connectivity index (χ0n) is 6.45. The molecule has 1 aromatic rings. The largest absolute Gasteiger partial charge is 0.234 e. The van der Waals surface area contributed by atoms with Crippen LogP contribution >= 0.6 is 0 Å². The topological polar surface area (TPSA) is 17.1 Å². The van der Waals surface area contributed by atoms with Gasteiger partial charge < -0.3 is 0 Å². The Labute approximate surface area is 66.4 Å². The highest BCUT2D eigenvalue weighted by Gasteiger charge is 1.98. The summed E-state index contributed by atoms with van der Waals surface area (Å²) in [7, 11) is 0. The Morgan fingerprint density at radius 1 is 1.36 bits per heavy atom. The second-order valence-corrected chi connectivity index (χ2v) is 2.48. The number of hydrogen-bond acceptors (Lipinski definition) is 1. The van der Waals surface area contributed by atoms with E-state index >= 15 is 0 Å². The predicted octanol–water partition coefficient (Wildman–Crippen LogP) is 2.18. The van der Waals surface area contributed by atoms with Crippen LogP contribution in [0.3, 0.4) is 0 Å². The summed E-state index contributed by atoms with van der Waals surface area (Å²) in [6.07, 6.45) is 1.52. The summed E-state index contributed by atoms with van der Waals surface area (Å²) >= 11 is 0. The van der Waals surface area contributed by atoms with Gasteiger partial charge in [0.15, 0.2) is 0 Å². The molecule has 0 amide bonds. The van der Waals surface area contributed by atoms with Gasteiger partial charge in [-0.3, -0.25) is 0 Å². The smallest absolute Gasteiger partial charge is 0.120 e. The maximum absolute atomic E-state index is 10.0. The lowest BCUT2D eigenvalue weighted by Crippen LogP contribution is -1.87. The Balaban J connectivity index is 2.84. The summed E-state index contributed by atoms with van der Waals surface area (Å²) in [5, 5.41) is 0. The van der Waals surface area contributed by atoms with Crippen LogP contribution in [-0.2, 0) is 4.79 Å². The summed E-state index contributed by atoms with van der Waals surface area (Å²) in [5.74, 6) is 1.97. The highest BCUT2D eigenvalue weighted by Crippen LogP contribution is 2.13. The molecule has 0 fully saturated rings. The number of benzene rings is 1. The van der Waals surface area contributed by atoms with E-state index in [-0.39, 0.29) is 5.92 Å². The van der Waals surface area contributed by atoms with E-state index in [0.29, 0.717) is 0 Å². The summed E-state index contributed by atoms with van der Waals surface area (Å²) in [6.45, 7) is 1.97. The van der Waals surface area contributed by atoms with Gasteiger partial charge in [-0.2, -0.15) is 0 Å². The Bertz CT molecular complexity index is 257. The highest BCUT2D eigenvalue weighted by atomic mass is 16.1. The average molecular weight is 146 g/mol. The van der Waals surface area contributed by atoms with E-state index in [0.717, 1.165) is 5.56 Å². The molecule has 0 heterocycles. The second kappa shape index (κ2) is 3.75. The van der Waals surface area contributed by atoms with E-state index in [9.17, 15) is 4.79 Å². The zero-order valence-corrected chi connectivity index (χ0v) is 6.45. The van der Waals surface area contributed by atoms with Gasteiger partial charge in [0.2, 0.25) is 0 Å². The first kappa shape index (κ1) is 7.77. The van der Waals surface area contributed by atoms with Crippen LogP contribution in [0.5, 0.6) is 0 Å². The number of allylic oxidation sites excluding steroid dienone is 1. The quantitative estimate of drug-likeness (QED) is 0.584. The standard InChI is InChI=1S/C10H10O/c1-9(7-8-11)10-5-3-2-4-6-10/h2-7,9H,1H3. The third kappa shape index (κ3) is 2.06. The van der Waals surface area contributed by atoms with Gasteiger partial charge in [-0.1, -0.05) is 37.3 Å². The summed E-state index contributed by atoms with van der Waals surface area (Å²) in [5.41, 5.74) is 1.15. The van der Waals surface area contributed by atoms with Crippen LogP contribution in [0.25, 0.3) is 0 Å². The van der Waals surface area contributed by atoms with Gasteiger partial charge >= 0.3 is 0 Å². The fourth-order valence-corrected chi connectivity index (χ4v) is 0.955. The van der Waals surface area contributed by atoms with Gasteiger partial charge in [0, 0.05) is 12.0 Å². The predicted molar refractivity (Wildman–Crippen MR) is 45.1 cm³/mol. The third-order valence-corrected chi connectivity index (χ3v) is 1.64. The fourth-order valence-electron chi connectivity index (χ4n) is 0.955. The molecule has 0 bridgehead atoms. The lowest BCUT2D eigenvalue weighted by Gasteiger charge is -2.02. The maximum atomic E-state index is 10.0. The molecule has 0 aliphatic rings. The van der Waals surface area contributed by atoms with Crippen molar-refractivity contribution in [2.75, 3.05) is 0 Å². The minimum atomic E-state index is 0.175. The molecule has 1 aromatic carbocycles. The first-order chi connectivity index (χ1) is 5.34. The van der Waals surface area contributed by atoms with Crippen molar-refractivity contribution in [2.24, 2.45) is 0 Å². The second-order valence-electron chi connectivity index (χ2n) is 2.48. The summed E-state index contributed by atoms with van der Waals surface area (Å²) in [6, 6.07) is 9.88. The molecule has 1 rings (SSSR count). The normalized spacial score (nSPS) is 11.7. The molecule has 0 spiro atoms. The molecule has 0 N–H and O–H groups in total. The molecule has 0 radical (unpaired) electrons. The van der Waals surface area contributed by atoms with E-state index in [1.807, 2.05) is 37.3 Å². The number of hydrogen-bond donors (Lipinski definition) is 0. The third-order valence-electron chi connectivity index (χ3n) is 1.64. The first-order valence-corrected chi connectivity index (χ1v) is 3.60. The Morgan fingerprint density at radius 2 is 2.00 bits per heavy atom. The molecule has 56 valence electrons. The molecule has 1 atom stereocenters. The minimum absolute atomic E-state index is 0.175. The van der Waals surface area contributed by atoms with Crippen molar-refractivity contribution in [1.82, 2.24) is 0 Å². The van der Waals surface area contributed by atoms with Gasteiger partial charge in [0.25, 0.3) is 0 Å². The van der Waals surface area contributed by atoms with Crippen molar-refractivity contribution >= 4 is 5.94 Å². The van der Waals surface area contributed by atoms with E-state index in [2.05, 4.69) is 0 Å². The average Bonchev–Trinajstić information content (AvgIpc) is 2.07. The van der Waals surface area contributed by atoms with Crippen LogP contribution in [0.15, 0.2) is 36.4 Å². The number of rotatable bonds is 2. The Morgan fingerprint density at radius 3 is 2.55 bits per heavy atom. The van der Waals surface area contributed by atoms with Gasteiger partial charge in [-0.25, -0.2) is 4.79 Å². The summed E-state index contributed by atoms with van der Waals surface area (Å²) in [4.78, 5) is 10.0. The Kier molecular flexibility index (Phi) is 2.65. The SMILES string of the molecule is CC(C=C=O)c1ccccc1. The lowest BCUT2D eigenvalue weighted by molar-refractivity contribution is 0.567. The van der Waals surface area contributed by atoms with Crippen LogP contribution in [0.4, 0.5) is 0 Å². The molecule has 0 saturated carbocycles. The van der Waals surface area contributed by atoms with Crippen LogP contribution < -0.4 is 0 Å². The van der Waals surface area contributed by atoms with E-state index in [4.69, 9.17) is 0 Å². The molecule has 1 heteroatoms. The van der Waals surface area contributed by atoms with E-state index in [1.54, 1.807) is 5.94 Å². The van der Waals surface area contributed by atoms with Crippen LogP contribution in [0.2, 0.25) is 0 Å². The maximum Gasteiger partial charge on any atom is 0.120 e. The molecule has 0 aromatic heterocycles. The van der Waals surface area contributed by atoms with Crippen molar-refractivity contribution in [2.45, 2.75) is 12.8 Å². The van der Waals surface area contributed by atoms with Crippen molar-refractivity contribution in [3.8, 4) is 0 Å². The van der Waals surface area contributed by atoms with Crippen LogP contribution in [0.1, 0.15) is 18.4 Å². The molecule has 11 heavy (non-hydrogen) atoms. The lowest BCUT2D eigenvalue weighted by atomic mass is 10.0. The molecule has 1 nitrogen and oxygen atoms in total. The van der Waals surface area contributed by atoms with Crippen LogP contribution in [-0.4, -0.2) is 5.94 Å². The highest BCUT2D eigenvalue weighted by molar-refractivity contribution is 5.48. The van der Waals surface area contributed by atoms with Crippen LogP contribution in [0, 0.1) is 0 Å². The molecular formula is C10H10O. The van der Waals surface area contributed by atoms with Crippen molar-refractivity contribution in [3.63, 3.8) is 0 Å². The molecular weight excluding hydrogens is 136 g/mol. The van der Waals surface area contributed by atoms with Crippen molar-refractivity contribution in [3.05, 3.63) is 42.0 Å².